The van der Waals surface area contributed by atoms with Gasteiger partial charge >= 0.3 is 6.18 Å². The van der Waals surface area contributed by atoms with Crippen molar-refractivity contribution in [2.75, 3.05) is 18.4 Å². The van der Waals surface area contributed by atoms with Crippen molar-refractivity contribution in [3.8, 4) is 0 Å². The molecule has 0 aliphatic carbocycles. The first-order valence-corrected chi connectivity index (χ1v) is 9.49. The van der Waals surface area contributed by atoms with E-state index < -0.39 is 11.7 Å². The number of hydrogen-bond acceptors (Lipinski definition) is 5. The zero-order valence-corrected chi connectivity index (χ0v) is 16.0. The van der Waals surface area contributed by atoms with Crippen LogP contribution in [0.25, 0.3) is 0 Å². The van der Waals surface area contributed by atoms with Gasteiger partial charge in [0.15, 0.2) is 5.13 Å². The summed E-state index contributed by atoms with van der Waals surface area (Å²) in [5, 5.41) is 3.22. The number of aromatic nitrogens is 2. The maximum Gasteiger partial charge on any atom is 0.418 e. The lowest BCUT2D eigenvalue weighted by atomic mass is 9.95. The molecular formula is C18H21F3N4OS. The van der Waals surface area contributed by atoms with Gasteiger partial charge in [0, 0.05) is 43.0 Å². The van der Waals surface area contributed by atoms with Crippen molar-refractivity contribution in [3.63, 3.8) is 0 Å². The van der Waals surface area contributed by atoms with Gasteiger partial charge in [0.2, 0.25) is 5.91 Å². The van der Waals surface area contributed by atoms with E-state index in [1.807, 2.05) is 0 Å². The van der Waals surface area contributed by atoms with Crippen molar-refractivity contribution in [2.24, 2.45) is 5.92 Å². The predicted molar refractivity (Wildman–Crippen MR) is 97.5 cm³/mol. The molecule has 3 heterocycles. The molecule has 3 rings (SSSR count). The molecule has 2 aromatic rings. The third kappa shape index (κ3) is 5.26. The fourth-order valence-corrected chi connectivity index (χ4v) is 4.29. The molecule has 1 N–H and O–H groups in total. The summed E-state index contributed by atoms with van der Waals surface area (Å²) in [6.07, 6.45) is -0.447. The molecule has 1 atom stereocenters. The maximum absolute atomic E-state index is 13.2. The standard InChI is InChI=1S/C18H21F3N4OS/c1-11-5-14(16(8-22-11)18(19,20)21)6-13-3-4-25(9-13)10-15-7-23-17(27-15)24-12(2)26/h5,7-8,13H,3-4,6,9-10H2,1-2H3,(H,23,24,26). The SMILES string of the molecule is CC(=O)Nc1ncc(CN2CCC(Cc3cc(C)ncc3C(F)(F)F)C2)s1. The van der Waals surface area contributed by atoms with Crippen LogP contribution >= 0.6 is 11.3 Å². The summed E-state index contributed by atoms with van der Waals surface area (Å²) in [6, 6.07) is 1.55. The van der Waals surface area contributed by atoms with E-state index >= 15 is 0 Å². The largest absolute Gasteiger partial charge is 0.418 e. The molecule has 1 aliphatic rings. The van der Waals surface area contributed by atoms with E-state index in [-0.39, 0.29) is 11.8 Å². The quantitative estimate of drug-likeness (QED) is 0.830. The Morgan fingerprint density at radius 2 is 2.15 bits per heavy atom. The normalized spacial score (nSPS) is 18.0. The van der Waals surface area contributed by atoms with Crippen LogP contribution in [-0.2, 0) is 23.9 Å². The van der Waals surface area contributed by atoms with Gasteiger partial charge in [-0.05, 0) is 43.9 Å². The summed E-state index contributed by atoms with van der Waals surface area (Å²) in [5.74, 6) is 0.0147. The van der Waals surface area contributed by atoms with Crippen LogP contribution in [0.3, 0.4) is 0 Å². The van der Waals surface area contributed by atoms with E-state index in [4.69, 9.17) is 0 Å². The molecular weight excluding hydrogens is 377 g/mol. The van der Waals surface area contributed by atoms with E-state index in [1.54, 1.807) is 19.2 Å². The van der Waals surface area contributed by atoms with Gasteiger partial charge in [-0.25, -0.2) is 4.98 Å². The molecule has 1 fully saturated rings. The van der Waals surface area contributed by atoms with Crippen LogP contribution in [0.2, 0.25) is 0 Å². The van der Waals surface area contributed by atoms with Crippen LogP contribution in [0, 0.1) is 12.8 Å². The number of alkyl halides is 3. The smallest absolute Gasteiger partial charge is 0.302 e. The number of nitrogens with one attached hydrogen (secondary N) is 1. The second-order valence-electron chi connectivity index (χ2n) is 6.89. The molecule has 1 amide bonds. The first-order chi connectivity index (χ1) is 12.7. The topological polar surface area (TPSA) is 58.1 Å². The zero-order valence-electron chi connectivity index (χ0n) is 15.1. The van der Waals surface area contributed by atoms with Crippen LogP contribution in [-0.4, -0.2) is 33.9 Å². The third-order valence-corrected chi connectivity index (χ3v) is 5.42. The molecule has 2 aromatic heterocycles. The van der Waals surface area contributed by atoms with Gasteiger partial charge in [-0.3, -0.25) is 14.7 Å². The van der Waals surface area contributed by atoms with Crippen LogP contribution < -0.4 is 5.32 Å². The van der Waals surface area contributed by atoms with E-state index in [9.17, 15) is 18.0 Å². The van der Waals surface area contributed by atoms with Crippen LogP contribution in [0.4, 0.5) is 18.3 Å². The Labute approximate surface area is 159 Å². The van der Waals surface area contributed by atoms with Crippen LogP contribution in [0.15, 0.2) is 18.5 Å². The molecule has 0 spiro atoms. The number of carbonyl (C=O) groups is 1. The predicted octanol–water partition coefficient (Wildman–Crippen LogP) is 3.89. The summed E-state index contributed by atoms with van der Waals surface area (Å²) >= 11 is 1.42. The van der Waals surface area contributed by atoms with Gasteiger partial charge in [-0.1, -0.05) is 0 Å². The third-order valence-electron chi connectivity index (χ3n) is 4.53. The van der Waals surface area contributed by atoms with Crippen molar-refractivity contribution in [1.82, 2.24) is 14.9 Å². The Kier molecular flexibility index (Phi) is 5.81. The first kappa shape index (κ1) is 19.8. The number of nitrogens with zero attached hydrogens (tertiary/aromatic N) is 3. The monoisotopic (exact) mass is 398 g/mol. The van der Waals surface area contributed by atoms with Crippen molar-refractivity contribution in [2.45, 2.75) is 39.4 Å². The van der Waals surface area contributed by atoms with Gasteiger partial charge in [-0.15, -0.1) is 11.3 Å². The number of amides is 1. The summed E-state index contributed by atoms with van der Waals surface area (Å²) in [5.41, 5.74) is 0.296. The molecule has 146 valence electrons. The minimum Gasteiger partial charge on any atom is -0.302 e. The van der Waals surface area contributed by atoms with Gasteiger partial charge < -0.3 is 5.32 Å². The lowest BCUT2D eigenvalue weighted by Crippen LogP contribution is -2.20. The fourth-order valence-electron chi connectivity index (χ4n) is 3.38. The van der Waals surface area contributed by atoms with Crippen molar-refractivity contribution in [1.29, 1.82) is 0 Å². The molecule has 0 radical (unpaired) electrons. The lowest BCUT2D eigenvalue weighted by Gasteiger charge is -2.17. The number of halogens is 3. The van der Waals surface area contributed by atoms with E-state index in [0.29, 0.717) is 29.4 Å². The molecule has 5 nitrogen and oxygen atoms in total. The molecule has 1 aliphatic heterocycles. The molecule has 1 unspecified atom stereocenters. The second kappa shape index (κ2) is 7.93. The van der Waals surface area contributed by atoms with Crippen molar-refractivity contribution < 1.29 is 18.0 Å². The summed E-state index contributed by atoms with van der Waals surface area (Å²) < 4.78 is 39.7. The fraction of sp³-hybridized carbons (Fsp3) is 0.500. The number of likely N-dealkylation sites (tertiary alicyclic amines) is 1. The molecule has 9 heteroatoms. The van der Waals surface area contributed by atoms with Gasteiger partial charge in [-0.2, -0.15) is 13.2 Å². The van der Waals surface area contributed by atoms with Crippen molar-refractivity contribution >= 4 is 22.4 Å². The Bertz CT molecular complexity index is 821. The number of aryl methyl sites for hydroxylation is 1. The average Bonchev–Trinajstić information content (AvgIpc) is 3.15. The highest BCUT2D eigenvalue weighted by Crippen LogP contribution is 2.34. The van der Waals surface area contributed by atoms with Crippen LogP contribution in [0.5, 0.6) is 0 Å². The van der Waals surface area contributed by atoms with Gasteiger partial charge in [0.05, 0.1) is 5.56 Å². The number of anilines is 1. The average molecular weight is 398 g/mol. The Morgan fingerprint density at radius 3 is 2.85 bits per heavy atom. The molecule has 1 saturated heterocycles. The highest BCUT2D eigenvalue weighted by molar-refractivity contribution is 7.15. The minimum atomic E-state index is -4.38. The Balaban J connectivity index is 1.61. The number of hydrogen-bond donors (Lipinski definition) is 1. The van der Waals surface area contributed by atoms with Gasteiger partial charge in [0.25, 0.3) is 0 Å². The van der Waals surface area contributed by atoms with Crippen molar-refractivity contribution in [3.05, 3.63) is 40.2 Å². The number of carbonyl (C=O) groups excluding carboxylic acids is 1. The second-order valence-corrected chi connectivity index (χ2v) is 8.00. The lowest BCUT2D eigenvalue weighted by molar-refractivity contribution is -0.138. The maximum atomic E-state index is 13.2. The highest BCUT2D eigenvalue weighted by Gasteiger charge is 2.35. The minimum absolute atomic E-state index is 0.162. The highest BCUT2D eigenvalue weighted by atomic mass is 32.1. The molecule has 0 saturated carbocycles. The van der Waals surface area contributed by atoms with Crippen LogP contribution in [0.1, 0.15) is 35.0 Å². The molecule has 27 heavy (non-hydrogen) atoms. The van der Waals surface area contributed by atoms with E-state index in [2.05, 4.69) is 20.2 Å². The Hall–Kier alpha value is -2.00. The molecule has 0 aromatic carbocycles. The summed E-state index contributed by atoms with van der Waals surface area (Å²) in [6.45, 7) is 5.41. The number of rotatable bonds is 5. The number of pyridine rings is 1. The first-order valence-electron chi connectivity index (χ1n) is 8.68. The zero-order chi connectivity index (χ0) is 19.6. The van der Waals surface area contributed by atoms with E-state index in [1.165, 1.54) is 18.3 Å². The van der Waals surface area contributed by atoms with E-state index in [0.717, 1.165) is 30.6 Å². The number of thiazole rings is 1. The molecule has 0 bridgehead atoms. The Morgan fingerprint density at radius 1 is 1.37 bits per heavy atom. The summed E-state index contributed by atoms with van der Waals surface area (Å²) in [4.78, 5) is 22.3. The van der Waals surface area contributed by atoms with Gasteiger partial charge in [0.1, 0.15) is 0 Å². The summed E-state index contributed by atoms with van der Waals surface area (Å²) in [7, 11) is 0.